The van der Waals surface area contributed by atoms with Gasteiger partial charge >= 0.3 is 0 Å². The van der Waals surface area contributed by atoms with Crippen molar-refractivity contribution in [1.82, 2.24) is 9.47 Å². The molecule has 0 aliphatic carbocycles. The van der Waals surface area contributed by atoms with Gasteiger partial charge in [0.05, 0.1) is 12.7 Å². The molecule has 0 unspecified atom stereocenters. The number of carbonyl (C=O) groups is 2. The smallest absolute Gasteiger partial charge is 0.257 e. The average Bonchev–Trinajstić information content (AvgIpc) is 3.21. The summed E-state index contributed by atoms with van der Waals surface area (Å²) in [6, 6.07) is 13.1. The number of rotatable bonds is 5. The van der Waals surface area contributed by atoms with E-state index in [9.17, 15) is 9.59 Å². The zero-order chi connectivity index (χ0) is 22.0. The zero-order valence-electron chi connectivity index (χ0n) is 17.7. The van der Waals surface area contributed by atoms with E-state index < -0.39 is 0 Å². The fourth-order valence-corrected chi connectivity index (χ4v) is 4.33. The molecule has 0 atom stereocenters. The summed E-state index contributed by atoms with van der Waals surface area (Å²) in [6.07, 6.45) is 3.29. The number of amides is 2. The molecule has 0 saturated carbocycles. The summed E-state index contributed by atoms with van der Waals surface area (Å²) in [4.78, 5) is 27.5. The highest BCUT2D eigenvalue weighted by molar-refractivity contribution is 6.31. The van der Waals surface area contributed by atoms with E-state index in [2.05, 4.69) is 29.1 Å². The van der Waals surface area contributed by atoms with Crippen LogP contribution in [0, 0.1) is 5.92 Å². The van der Waals surface area contributed by atoms with Crippen LogP contribution in [0.4, 0.5) is 5.69 Å². The molecule has 31 heavy (non-hydrogen) atoms. The number of halogens is 1. The average molecular weight is 440 g/mol. The number of carbonyl (C=O) groups excluding carboxylic acids is 2. The third-order valence-electron chi connectivity index (χ3n) is 5.92. The first-order chi connectivity index (χ1) is 15.0. The maximum absolute atomic E-state index is 12.9. The predicted molar refractivity (Wildman–Crippen MR) is 123 cm³/mol. The van der Waals surface area contributed by atoms with Crippen molar-refractivity contribution in [2.24, 2.45) is 5.92 Å². The maximum Gasteiger partial charge on any atom is 0.257 e. The number of likely N-dealkylation sites (tertiary alicyclic amines) is 1. The van der Waals surface area contributed by atoms with Crippen molar-refractivity contribution in [3.05, 3.63) is 59.2 Å². The summed E-state index contributed by atoms with van der Waals surface area (Å²) in [5, 5.41) is 4.64. The first-order valence-electron chi connectivity index (χ1n) is 10.5. The Labute approximate surface area is 186 Å². The summed E-state index contributed by atoms with van der Waals surface area (Å²) < 4.78 is 7.47. The number of ether oxygens (including phenoxy) is 1. The summed E-state index contributed by atoms with van der Waals surface area (Å²) in [5.41, 5.74) is 2.41. The Morgan fingerprint density at radius 2 is 1.90 bits per heavy atom. The summed E-state index contributed by atoms with van der Waals surface area (Å²) >= 11 is 6.06. The molecule has 0 spiro atoms. The van der Waals surface area contributed by atoms with Crippen LogP contribution < -0.4 is 10.1 Å². The van der Waals surface area contributed by atoms with Crippen molar-refractivity contribution in [1.29, 1.82) is 0 Å². The Hall–Kier alpha value is -2.99. The minimum atomic E-state index is -0.124. The van der Waals surface area contributed by atoms with Crippen LogP contribution in [0.25, 0.3) is 10.9 Å². The van der Waals surface area contributed by atoms with Crippen LogP contribution in [0.15, 0.2) is 48.7 Å². The summed E-state index contributed by atoms with van der Waals surface area (Å²) in [7, 11) is 1.53. The molecule has 1 aromatic heterocycles. The molecule has 1 N–H and O–H groups in total. The van der Waals surface area contributed by atoms with Gasteiger partial charge in [-0.3, -0.25) is 9.59 Å². The third-order valence-corrected chi connectivity index (χ3v) is 6.16. The van der Waals surface area contributed by atoms with Crippen LogP contribution in [-0.4, -0.2) is 41.5 Å². The van der Waals surface area contributed by atoms with Crippen LogP contribution in [0.1, 0.15) is 30.1 Å². The van der Waals surface area contributed by atoms with E-state index in [0.717, 1.165) is 23.1 Å². The first-order valence-corrected chi connectivity index (χ1v) is 10.9. The van der Waals surface area contributed by atoms with Gasteiger partial charge in [0.2, 0.25) is 5.91 Å². The first kappa shape index (κ1) is 21.2. The second-order valence-corrected chi connectivity index (χ2v) is 8.21. The monoisotopic (exact) mass is 439 g/mol. The quantitative estimate of drug-likeness (QED) is 0.620. The lowest BCUT2D eigenvalue weighted by Crippen LogP contribution is -2.41. The van der Waals surface area contributed by atoms with Crippen molar-refractivity contribution in [3.8, 4) is 5.75 Å². The van der Waals surface area contributed by atoms with E-state index in [1.807, 2.05) is 18.2 Å². The van der Waals surface area contributed by atoms with Gasteiger partial charge in [0.25, 0.3) is 5.91 Å². The number of methoxy groups -OCH3 is 1. The van der Waals surface area contributed by atoms with Gasteiger partial charge in [0, 0.05) is 53.4 Å². The Morgan fingerprint density at radius 3 is 2.61 bits per heavy atom. The largest absolute Gasteiger partial charge is 0.496 e. The van der Waals surface area contributed by atoms with Crippen molar-refractivity contribution in [2.45, 2.75) is 26.3 Å². The minimum absolute atomic E-state index is 0.00158. The standard InChI is InChI=1S/C24H26ClN3O3/c1-3-27-11-10-17-14-19(5-6-21(17)27)26-23(29)16-8-12-28(13-9-16)24(30)20-15-18(25)4-7-22(20)31-2/h4-7,10-11,14-16H,3,8-9,12-13H2,1-2H3,(H,26,29). The molecular formula is C24H26ClN3O3. The molecule has 1 saturated heterocycles. The summed E-state index contributed by atoms with van der Waals surface area (Å²) in [5.74, 6) is 0.258. The minimum Gasteiger partial charge on any atom is -0.496 e. The molecule has 3 aromatic rings. The molecule has 162 valence electrons. The topological polar surface area (TPSA) is 63.6 Å². The second-order valence-electron chi connectivity index (χ2n) is 7.78. The Balaban J connectivity index is 1.38. The molecule has 7 heteroatoms. The number of nitrogens with one attached hydrogen (secondary N) is 1. The number of hydrogen-bond acceptors (Lipinski definition) is 3. The molecule has 0 bridgehead atoms. The Bertz CT molecular complexity index is 1120. The molecule has 2 heterocycles. The molecule has 1 aliphatic heterocycles. The van der Waals surface area contributed by atoms with Crippen LogP contribution in [0.3, 0.4) is 0 Å². The number of hydrogen-bond donors (Lipinski definition) is 1. The fraction of sp³-hybridized carbons (Fsp3) is 0.333. The van der Waals surface area contributed by atoms with E-state index >= 15 is 0 Å². The molecule has 2 aromatic carbocycles. The lowest BCUT2D eigenvalue weighted by molar-refractivity contribution is -0.121. The van der Waals surface area contributed by atoms with Gasteiger partial charge in [0.1, 0.15) is 5.75 Å². The highest BCUT2D eigenvalue weighted by Gasteiger charge is 2.29. The molecular weight excluding hydrogens is 414 g/mol. The fourth-order valence-electron chi connectivity index (χ4n) is 4.16. The van der Waals surface area contributed by atoms with Crippen LogP contribution >= 0.6 is 11.6 Å². The van der Waals surface area contributed by atoms with Gasteiger partial charge in [-0.25, -0.2) is 0 Å². The highest BCUT2D eigenvalue weighted by atomic mass is 35.5. The SMILES string of the molecule is CCn1ccc2cc(NC(=O)C3CCN(C(=O)c4cc(Cl)ccc4OC)CC3)ccc21. The number of nitrogens with zero attached hydrogens (tertiary/aromatic N) is 2. The Kier molecular flexibility index (Phi) is 6.18. The number of aromatic nitrogens is 1. The molecule has 4 rings (SSSR count). The van der Waals surface area contributed by atoms with Crippen molar-refractivity contribution < 1.29 is 14.3 Å². The zero-order valence-corrected chi connectivity index (χ0v) is 18.5. The Morgan fingerprint density at radius 1 is 1.13 bits per heavy atom. The molecule has 0 radical (unpaired) electrons. The highest BCUT2D eigenvalue weighted by Crippen LogP contribution is 2.27. The molecule has 1 aliphatic rings. The van der Waals surface area contributed by atoms with Gasteiger partial charge in [-0.2, -0.15) is 0 Å². The van der Waals surface area contributed by atoms with E-state index in [0.29, 0.717) is 42.3 Å². The second kappa shape index (κ2) is 9.02. The van der Waals surface area contributed by atoms with Crippen molar-refractivity contribution in [3.63, 3.8) is 0 Å². The number of fused-ring (bicyclic) bond motifs is 1. The van der Waals surface area contributed by atoms with Gasteiger partial charge in [-0.1, -0.05) is 11.6 Å². The molecule has 2 amide bonds. The van der Waals surface area contributed by atoms with Crippen molar-refractivity contribution >= 4 is 40.0 Å². The third kappa shape index (κ3) is 4.39. The summed E-state index contributed by atoms with van der Waals surface area (Å²) in [6.45, 7) is 4.05. The van der Waals surface area contributed by atoms with Gasteiger partial charge in [0.15, 0.2) is 0 Å². The lowest BCUT2D eigenvalue weighted by Gasteiger charge is -2.31. The predicted octanol–water partition coefficient (Wildman–Crippen LogP) is 4.81. The lowest BCUT2D eigenvalue weighted by atomic mass is 9.95. The molecule has 1 fully saturated rings. The van der Waals surface area contributed by atoms with E-state index in [-0.39, 0.29) is 17.7 Å². The van der Waals surface area contributed by atoms with Gasteiger partial charge in [-0.05, 0) is 62.2 Å². The van der Waals surface area contributed by atoms with Crippen LogP contribution in [-0.2, 0) is 11.3 Å². The van der Waals surface area contributed by atoms with E-state index in [1.165, 1.54) is 7.11 Å². The van der Waals surface area contributed by atoms with Crippen LogP contribution in [0.5, 0.6) is 5.75 Å². The van der Waals surface area contributed by atoms with E-state index in [1.54, 1.807) is 23.1 Å². The number of anilines is 1. The number of piperidine rings is 1. The van der Waals surface area contributed by atoms with Gasteiger partial charge in [-0.15, -0.1) is 0 Å². The van der Waals surface area contributed by atoms with Crippen molar-refractivity contribution in [2.75, 3.05) is 25.5 Å². The normalized spacial score (nSPS) is 14.6. The molecule has 6 nitrogen and oxygen atoms in total. The number of benzene rings is 2. The number of aryl methyl sites for hydroxylation is 1. The maximum atomic E-state index is 12.9. The van der Waals surface area contributed by atoms with E-state index in [4.69, 9.17) is 16.3 Å². The van der Waals surface area contributed by atoms with Crippen LogP contribution in [0.2, 0.25) is 5.02 Å². The van der Waals surface area contributed by atoms with Gasteiger partial charge < -0.3 is 19.5 Å².